The molecule has 2 aliphatic carbocycles. The Morgan fingerprint density at radius 1 is 1.14 bits per heavy atom. The van der Waals surface area contributed by atoms with Crippen LogP contribution in [0.2, 0.25) is 0 Å². The van der Waals surface area contributed by atoms with Crippen molar-refractivity contribution < 1.29 is 34.8 Å². The van der Waals surface area contributed by atoms with Crippen LogP contribution in [0.3, 0.4) is 0 Å². The Labute approximate surface area is 249 Å². The number of carbonyl (C=O) groups excluding carboxylic acids is 1. The third-order valence-corrected chi connectivity index (χ3v) is 9.09. The van der Waals surface area contributed by atoms with Gasteiger partial charge in [0.1, 0.15) is 24.7 Å². The van der Waals surface area contributed by atoms with Gasteiger partial charge in [0.25, 0.3) is 0 Å². The van der Waals surface area contributed by atoms with Gasteiger partial charge >= 0.3 is 6.03 Å². The van der Waals surface area contributed by atoms with E-state index in [9.17, 15) is 25.2 Å². The van der Waals surface area contributed by atoms with Crippen LogP contribution in [-0.4, -0.2) is 82.3 Å². The highest BCUT2D eigenvalue weighted by atomic mass is 16.6. The third kappa shape index (κ3) is 6.40. The molecule has 1 aromatic carbocycles. The van der Waals surface area contributed by atoms with Crippen molar-refractivity contribution in [3.05, 3.63) is 35.4 Å². The summed E-state index contributed by atoms with van der Waals surface area (Å²) in [4.78, 5) is 20.6. The number of carbonyl (C=O) groups is 1. The number of amides is 2. The van der Waals surface area contributed by atoms with Crippen molar-refractivity contribution in [2.24, 2.45) is 22.9 Å². The van der Waals surface area contributed by atoms with Crippen LogP contribution in [0.15, 0.2) is 35.0 Å². The number of unbranched alkanes of at least 4 members (excludes halogenated alkanes) is 2. The third-order valence-electron chi connectivity index (χ3n) is 9.09. The molecule has 0 bridgehead atoms. The first kappa shape index (κ1) is 32.1. The summed E-state index contributed by atoms with van der Waals surface area (Å²) in [5.41, 5.74) is 2.36. The number of urea groups is 1. The number of allylic oxidation sites excluding steroid dienone is 1. The second-order valence-corrected chi connectivity index (χ2v) is 11.8. The Bertz CT molecular complexity index is 1130. The fraction of sp³-hybridized carbons (Fsp3) is 0.688. The van der Waals surface area contributed by atoms with Gasteiger partial charge < -0.3 is 40.2 Å². The van der Waals surface area contributed by atoms with E-state index in [2.05, 4.69) is 16.5 Å². The Kier molecular flexibility index (Phi) is 11.1. The lowest BCUT2D eigenvalue weighted by molar-refractivity contribution is -0.228. The van der Waals surface area contributed by atoms with E-state index >= 15 is 0 Å². The Hall–Kier alpha value is -2.82. The number of fused-ring (bicyclic) bond motifs is 2. The predicted octanol–water partition coefficient (Wildman–Crippen LogP) is 4.28. The van der Waals surface area contributed by atoms with E-state index in [0.29, 0.717) is 43.8 Å². The van der Waals surface area contributed by atoms with Crippen LogP contribution in [0.4, 0.5) is 4.79 Å². The number of nitrogens with zero attached hydrogens (tertiary/aromatic N) is 2. The van der Waals surface area contributed by atoms with Crippen molar-refractivity contribution in [2.45, 2.75) is 89.4 Å². The van der Waals surface area contributed by atoms with E-state index in [0.717, 1.165) is 43.2 Å². The van der Waals surface area contributed by atoms with Crippen molar-refractivity contribution in [1.82, 2.24) is 10.2 Å². The molecule has 1 aromatic rings. The van der Waals surface area contributed by atoms with E-state index in [1.54, 1.807) is 23.1 Å². The highest BCUT2D eigenvalue weighted by Gasteiger charge is 2.64. The minimum Gasteiger partial charge on any atom is -0.508 e. The predicted molar refractivity (Wildman–Crippen MR) is 160 cm³/mol. The van der Waals surface area contributed by atoms with Gasteiger partial charge in [0.05, 0.1) is 11.6 Å². The second-order valence-electron chi connectivity index (χ2n) is 11.8. The minimum absolute atomic E-state index is 0.0658. The number of phenols is 1. The van der Waals surface area contributed by atoms with Crippen molar-refractivity contribution in [2.75, 3.05) is 33.4 Å². The molecule has 6 atom stereocenters. The zero-order chi connectivity index (χ0) is 30.3. The molecule has 4 rings (SSSR count). The molecule has 5 N–H and O–H groups in total. The largest absolute Gasteiger partial charge is 0.508 e. The van der Waals surface area contributed by atoms with E-state index < -0.39 is 17.7 Å². The van der Waals surface area contributed by atoms with Gasteiger partial charge in [-0.1, -0.05) is 37.9 Å². The van der Waals surface area contributed by atoms with Crippen LogP contribution >= 0.6 is 0 Å². The van der Waals surface area contributed by atoms with Crippen molar-refractivity contribution in [3.8, 4) is 11.5 Å². The van der Waals surface area contributed by atoms with Crippen LogP contribution in [0, 0.1) is 17.8 Å². The monoisotopic (exact) mass is 587 g/mol. The van der Waals surface area contributed by atoms with Gasteiger partial charge in [0.15, 0.2) is 0 Å². The molecule has 0 saturated heterocycles. The average Bonchev–Trinajstić information content (AvgIpc) is 2.97. The maximum atomic E-state index is 13.5. The van der Waals surface area contributed by atoms with Crippen molar-refractivity contribution >= 4 is 11.7 Å². The average molecular weight is 588 g/mol. The quantitative estimate of drug-likeness (QED) is 0.161. The number of aromatic hydroxyl groups is 1. The first-order chi connectivity index (χ1) is 20.3. The molecule has 0 unspecified atom stereocenters. The fourth-order valence-corrected chi connectivity index (χ4v) is 7.36. The normalized spacial score (nSPS) is 28.8. The maximum absolute atomic E-state index is 13.5. The highest BCUT2D eigenvalue weighted by Crippen LogP contribution is 2.60. The standard InChI is InChI=1S/C32H49N3O7/c1-4-14-33-31(39)35(15-5-2)28-20-26(34-41-3)24-18-21(10-6-8-16-36)23(11-7-9-17-37)29-25-19-22(38)12-13-27(25)42-32(28,40)30(24)29/h12-13,18-19,21,23,28-30,36-38,40H,4-11,14-17,20H2,1-3H3,(H,33,39)/t21-,23+,28-,29+,30+,32+/m0/s1. The van der Waals surface area contributed by atoms with Gasteiger partial charge in [0.2, 0.25) is 5.79 Å². The first-order valence-electron chi connectivity index (χ1n) is 15.7. The second kappa shape index (κ2) is 14.6. The van der Waals surface area contributed by atoms with Gasteiger partial charge in [-0.25, -0.2) is 4.79 Å². The maximum Gasteiger partial charge on any atom is 0.317 e. The summed E-state index contributed by atoms with van der Waals surface area (Å²) < 4.78 is 6.56. The molecule has 1 heterocycles. The van der Waals surface area contributed by atoms with Gasteiger partial charge in [-0.05, 0) is 74.1 Å². The van der Waals surface area contributed by atoms with Crippen LogP contribution in [-0.2, 0) is 4.84 Å². The molecule has 0 aromatic heterocycles. The Morgan fingerprint density at radius 3 is 2.55 bits per heavy atom. The molecular formula is C32H49N3O7. The van der Waals surface area contributed by atoms with E-state index in [1.807, 2.05) is 13.8 Å². The summed E-state index contributed by atoms with van der Waals surface area (Å²) in [6.45, 7) is 5.17. The summed E-state index contributed by atoms with van der Waals surface area (Å²) >= 11 is 0. The summed E-state index contributed by atoms with van der Waals surface area (Å²) in [7, 11) is 1.50. The topological polar surface area (TPSA) is 144 Å². The number of hydrogen-bond acceptors (Lipinski definition) is 8. The minimum atomic E-state index is -1.75. The fourth-order valence-electron chi connectivity index (χ4n) is 7.36. The number of phenolic OH excluding ortho intramolecular Hbond substituents is 1. The first-order valence-corrected chi connectivity index (χ1v) is 15.7. The molecule has 1 saturated carbocycles. The molecule has 10 nitrogen and oxygen atoms in total. The molecule has 42 heavy (non-hydrogen) atoms. The number of aliphatic hydroxyl groups excluding tert-OH is 2. The number of benzene rings is 1. The number of oxime groups is 1. The smallest absolute Gasteiger partial charge is 0.317 e. The number of nitrogens with one attached hydrogen (secondary N) is 1. The van der Waals surface area contributed by atoms with Crippen LogP contribution in [0.5, 0.6) is 11.5 Å². The zero-order valence-corrected chi connectivity index (χ0v) is 25.3. The molecule has 2 amide bonds. The molecule has 234 valence electrons. The van der Waals surface area contributed by atoms with Crippen LogP contribution in [0.1, 0.15) is 83.1 Å². The summed E-state index contributed by atoms with van der Waals surface area (Å²) in [5.74, 6) is -1.76. The number of ether oxygens (including phenoxy) is 1. The number of aliphatic hydroxyl groups is 3. The van der Waals surface area contributed by atoms with E-state index in [4.69, 9.17) is 9.57 Å². The van der Waals surface area contributed by atoms with E-state index in [-0.39, 0.29) is 49.2 Å². The molecule has 3 aliphatic rings. The Morgan fingerprint density at radius 2 is 1.88 bits per heavy atom. The Balaban J connectivity index is 1.91. The summed E-state index contributed by atoms with van der Waals surface area (Å²) in [6, 6.07) is 4.02. The number of rotatable bonds is 14. The summed E-state index contributed by atoms with van der Waals surface area (Å²) in [6.07, 6.45) is 8.60. The molecular weight excluding hydrogens is 538 g/mol. The van der Waals surface area contributed by atoms with Gasteiger partial charge in [0, 0.05) is 44.2 Å². The molecule has 0 radical (unpaired) electrons. The lowest BCUT2D eigenvalue weighted by Crippen LogP contribution is -2.69. The van der Waals surface area contributed by atoms with Gasteiger partial charge in [-0.2, -0.15) is 0 Å². The van der Waals surface area contributed by atoms with E-state index in [1.165, 1.54) is 7.11 Å². The molecule has 0 spiro atoms. The van der Waals surface area contributed by atoms with Gasteiger partial charge in [-0.3, -0.25) is 0 Å². The molecule has 10 heteroatoms. The van der Waals surface area contributed by atoms with Crippen molar-refractivity contribution in [1.29, 1.82) is 0 Å². The highest BCUT2D eigenvalue weighted by molar-refractivity contribution is 6.03. The molecule has 1 fully saturated rings. The van der Waals surface area contributed by atoms with Crippen molar-refractivity contribution in [3.63, 3.8) is 0 Å². The van der Waals surface area contributed by atoms with Gasteiger partial charge in [-0.15, -0.1) is 0 Å². The van der Waals surface area contributed by atoms with Crippen LogP contribution < -0.4 is 10.1 Å². The molecule has 1 aliphatic heterocycles. The lowest BCUT2D eigenvalue weighted by atomic mass is 9.55. The lowest BCUT2D eigenvalue weighted by Gasteiger charge is -2.58. The number of hydrogen-bond donors (Lipinski definition) is 5. The SMILES string of the molecule is CCCNC(=O)N(CCC)[C@H]1CC(=NOC)C2=C[C@H](CCCCO)[C@@H](CCCCO)[C@@H]3c4cc(O)ccc4O[C@@]1(O)[C@H]23. The van der Waals surface area contributed by atoms with Crippen LogP contribution in [0.25, 0.3) is 0 Å². The zero-order valence-electron chi connectivity index (χ0n) is 25.3. The summed E-state index contributed by atoms with van der Waals surface area (Å²) in [5, 5.41) is 49.9.